The number of anilines is 1. The zero-order chi connectivity index (χ0) is 30.3. The first-order chi connectivity index (χ1) is 20.8. The van der Waals surface area contributed by atoms with Crippen LogP contribution in [0, 0.1) is 19.8 Å². The van der Waals surface area contributed by atoms with Crippen LogP contribution in [0.25, 0.3) is 11.3 Å². The Morgan fingerprint density at radius 1 is 1.00 bits per heavy atom. The average Bonchev–Trinajstić information content (AvgIpc) is 3.17. The third-order valence-corrected chi connectivity index (χ3v) is 8.69. The molecule has 0 radical (unpaired) electrons. The van der Waals surface area contributed by atoms with Crippen molar-refractivity contribution in [1.29, 1.82) is 0 Å². The van der Waals surface area contributed by atoms with Crippen molar-refractivity contribution in [2.75, 3.05) is 24.4 Å². The van der Waals surface area contributed by atoms with E-state index in [0.717, 1.165) is 60.6 Å². The summed E-state index contributed by atoms with van der Waals surface area (Å²) in [5, 5.41) is 0. The number of carbonyl (C=O) groups is 1. The molecule has 224 valence electrons. The molecule has 1 saturated heterocycles. The van der Waals surface area contributed by atoms with Gasteiger partial charge in [0.15, 0.2) is 0 Å². The first-order valence-corrected chi connectivity index (χ1v) is 15.9. The molecule has 1 aliphatic rings. The second kappa shape index (κ2) is 14.1. The zero-order valence-corrected chi connectivity index (χ0v) is 26.3. The van der Waals surface area contributed by atoms with E-state index in [4.69, 9.17) is 0 Å². The van der Waals surface area contributed by atoms with Gasteiger partial charge in [-0.3, -0.25) is 24.2 Å². The van der Waals surface area contributed by atoms with E-state index in [-0.39, 0.29) is 11.5 Å². The number of hydrogen-bond acceptors (Lipinski definition) is 6. The molecule has 0 aliphatic carbocycles. The first-order valence-electron chi connectivity index (χ1n) is 15.0. The van der Waals surface area contributed by atoms with Crippen molar-refractivity contribution in [2.24, 2.45) is 5.92 Å². The van der Waals surface area contributed by atoms with Crippen molar-refractivity contribution < 1.29 is 4.79 Å². The minimum Gasteiger partial charge on any atom is -0.337 e. The molecule has 0 bridgehead atoms. The molecule has 7 nitrogen and oxygen atoms in total. The molecule has 4 aromatic rings. The minimum absolute atomic E-state index is 0.0568. The highest BCUT2D eigenvalue weighted by Crippen LogP contribution is 2.27. The van der Waals surface area contributed by atoms with Crippen LogP contribution in [0.4, 0.5) is 5.95 Å². The first kappa shape index (κ1) is 30.6. The molecule has 0 spiro atoms. The Bertz CT molecular complexity index is 1580. The second-order valence-corrected chi connectivity index (χ2v) is 12.7. The summed E-state index contributed by atoms with van der Waals surface area (Å²) in [6, 6.07) is 26.1. The van der Waals surface area contributed by atoms with Gasteiger partial charge in [-0.15, -0.1) is 0 Å². The monoisotopic (exact) mass is 595 g/mol. The molecule has 3 aromatic carbocycles. The number of aromatic nitrogens is 2. The molecule has 1 atom stereocenters. The Labute approximate surface area is 258 Å². The summed E-state index contributed by atoms with van der Waals surface area (Å²) in [5.41, 5.74) is 5.47. The van der Waals surface area contributed by atoms with E-state index >= 15 is 0 Å². The van der Waals surface area contributed by atoms with Crippen molar-refractivity contribution >= 4 is 23.8 Å². The normalized spacial score (nSPS) is 15.8. The van der Waals surface area contributed by atoms with Crippen molar-refractivity contribution in [3.05, 3.63) is 111 Å². The lowest BCUT2D eigenvalue weighted by atomic mass is 10.00. The number of H-pyrrole nitrogens is 1. The number of aromatic amines is 1. The number of nitrogens with one attached hydrogen (secondary N) is 2. The predicted molar refractivity (Wildman–Crippen MR) is 176 cm³/mol. The fourth-order valence-corrected chi connectivity index (χ4v) is 6.57. The second-order valence-electron chi connectivity index (χ2n) is 11.8. The van der Waals surface area contributed by atoms with Crippen LogP contribution in [-0.2, 0) is 6.54 Å². The molecule has 5 rings (SSSR count). The van der Waals surface area contributed by atoms with Crippen molar-refractivity contribution in [1.82, 2.24) is 19.8 Å². The fourth-order valence-electron chi connectivity index (χ4n) is 5.92. The van der Waals surface area contributed by atoms with E-state index in [1.165, 1.54) is 23.6 Å². The van der Waals surface area contributed by atoms with Crippen LogP contribution in [0.3, 0.4) is 0 Å². The number of hydrogen-bond donors (Lipinski definition) is 2. The van der Waals surface area contributed by atoms with Gasteiger partial charge < -0.3 is 4.90 Å². The fraction of sp³-hybridized carbons (Fsp3) is 0.343. The van der Waals surface area contributed by atoms with Crippen LogP contribution in [-0.4, -0.2) is 51.4 Å². The van der Waals surface area contributed by atoms with Crippen LogP contribution >= 0.6 is 11.9 Å². The van der Waals surface area contributed by atoms with Crippen LogP contribution < -0.4 is 10.3 Å². The summed E-state index contributed by atoms with van der Waals surface area (Å²) < 4.78 is 3.18. The number of carbonyl (C=O) groups excluding carboxylic acids is 1. The predicted octanol–water partition coefficient (Wildman–Crippen LogP) is 6.94. The quantitative estimate of drug-likeness (QED) is 0.204. The van der Waals surface area contributed by atoms with Gasteiger partial charge in [-0.25, -0.2) is 4.98 Å². The molecule has 2 N–H and O–H groups in total. The number of amides is 1. The third kappa shape index (κ3) is 7.94. The number of nitrogens with zero attached hydrogens (tertiary/aromatic N) is 3. The van der Waals surface area contributed by atoms with E-state index in [1.54, 1.807) is 0 Å². The summed E-state index contributed by atoms with van der Waals surface area (Å²) in [6.07, 6.45) is 1.99. The minimum atomic E-state index is -0.224. The van der Waals surface area contributed by atoms with Crippen LogP contribution in [0.1, 0.15) is 53.7 Å². The van der Waals surface area contributed by atoms with Gasteiger partial charge in [0.25, 0.3) is 11.5 Å². The van der Waals surface area contributed by atoms with E-state index in [0.29, 0.717) is 29.2 Å². The SMILES string of the molecule is Cc1cccc(C)c1-c1cc(=O)[nH]c(NSc2cccc(C(=O)N3CCCN(Cc4ccccc4)[C@@H](CC(C)C)C3)c2)n1. The van der Waals surface area contributed by atoms with E-state index in [1.807, 2.05) is 61.2 Å². The summed E-state index contributed by atoms with van der Waals surface area (Å²) in [6.45, 7) is 11.9. The summed E-state index contributed by atoms with van der Waals surface area (Å²) in [5.74, 6) is 0.966. The van der Waals surface area contributed by atoms with E-state index in [9.17, 15) is 9.59 Å². The largest absolute Gasteiger partial charge is 0.337 e. The molecule has 0 unspecified atom stereocenters. The number of benzene rings is 3. The topological polar surface area (TPSA) is 81.3 Å². The van der Waals surface area contributed by atoms with Gasteiger partial charge >= 0.3 is 0 Å². The van der Waals surface area contributed by atoms with Gasteiger partial charge in [-0.2, -0.15) is 0 Å². The lowest BCUT2D eigenvalue weighted by Crippen LogP contribution is -2.43. The maximum absolute atomic E-state index is 13.8. The number of aryl methyl sites for hydroxylation is 2. The highest BCUT2D eigenvalue weighted by Gasteiger charge is 2.28. The molecule has 2 heterocycles. The zero-order valence-electron chi connectivity index (χ0n) is 25.5. The maximum Gasteiger partial charge on any atom is 0.253 e. The standard InChI is InChI=1S/C35H41N5O2S/c1-24(2)19-29-23-40(18-10-17-39(29)22-27-13-6-5-7-14-27)34(42)28-15-9-16-30(20-28)43-38-35-36-31(21-32(41)37-35)33-25(3)11-8-12-26(33)4/h5-9,11-16,20-21,24,29H,10,17-19,22-23H2,1-4H3,(H2,36,37,38,41)/t29-/m0/s1. The summed E-state index contributed by atoms with van der Waals surface area (Å²) >= 11 is 1.33. The van der Waals surface area contributed by atoms with Gasteiger partial charge in [-0.05, 0) is 79.4 Å². The van der Waals surface area contributed by atoms with Gasteiger partial charge in [0, 0.05) is 54.3 Å². The molecule has 43 heavy (non-hydrogen) atoms. The lowest BCUT2D eigenvalue weighted by Gasteiger charge is -2.33. The summed E-state index contributed by atoms with van der Waals surface area (Å²) in [4.78, 5) is 39.2. The van der Waals surface area contributed by atoms with E-state index < -0.39 is 0 Å². The lowest BCUT2D eigenvalue weighted by molar-refractivity contribution is 0.0718. The highest BCUT2D eigenvalue weighted by molar-refractivity contribution is 8.00. The van der Waals surface area contributed by atoms with Gasteiger partial charge in [-0.1, -0.05) is 68.4 Å². The van der Waals surface area contributed by atoms with Gasteiger partial charge in [0.05, 0.1) is 5.69 Å². The molecule has 1 fully saturated rings. The molecular weight excluding hydrogens is 554 g/mol. The maximum atomic E-state index is 13.8. The van der Waals surface area contributed by atoms with Crippen LogP contribution in [0.5, 0.6) is 0 Å². The summed E-state index contributed by atoms with van der Waals surface area (Å²) in [7, 11) is 0. The number of rotatable bonds is 9. The molecule has 1 aliphatic heterocycles. The third-order valence-electron chi connectivity index (χ3n) is 7.91. The molecule has 1 amide bonds. The van der Waals surface area contributed by atoms with Gasteiger partial charge in [0.2, 0.25) is 5.95 Å². The molecule has 8 heteroatoms. The van der Waals surface area contributed by atoms with Crippen LogP contribution in [0.15, 0.2) is 88.6 Å². The van der Waals surface area contributed by atoms with Gasteiger partial charge in [0.1, 0.15) is 0 Å². The van der Waals surface area contributed by atoms with Crippen molar-refractivity contribution in [3.63, 3.8) is 0 Å². The Morgan fingerprint density at radius 2 is 1.74 bits per heavy atom. The Balaban J connectivity index is 1.29. The smallest absolute Gasteiger partial charge is 0.253 e. The van der Waals surface area contributed by atoms with Crippen LogP contribution in [0.2, 0.25) is 0 Å². The average molecular weight is 596 g/mol. The molecule has 0 saturated carbocycles. The van der Waals surface area contributed by atoms with Crippen molar-refractivity contribution in [2.45, 2.75) is 58.0 Å². The Morgan fingerprint density at radius 3 is 2.49 bits per heavy atom. The highest BCUT2D eigenvalue weighted by atomic mass is 32.2. The molecule has 1 aromatic heterocycles. The Kier molecular flexibility index (Phi) is 10.00. The van der Waals surface area contributed by atoms with E-state index in [2.05, 4.69) is 63.8 Å². The molecular formula is C35H41N5O2S. The van der Waals surface area contributed by atoms with Crippen molar-refractivity contribution in [3.8, 4) is 11.3 Å². The Hall–Kier alpha value is -3.88.